The number of fused-ring (bicyclic) bond motifs is 1. The lowest BCUT2D eigenvalue weighted by atomic mass is 9.73. The molecular weight excluding hydrogens is 540 g/mol. The van der Waals surface area contributed by atoms with Crippen LogP contribution in [-0.4, -0.2) is 107 Å². The molecule has 8 nitrogen and oxygen atoms in total. The molecule has 0 radical (unpaired) electrons. The Kier molecular flexibility index (Phi) is 10.0. The van der Waals surface area contributed by atoms with Gasteiger partial charge in [0, 0.05) is 68.7 Å². The molecule has 226 valence electrons. The monoisotopic (exact) mass is 582 g/mol. The Balaban J connectivity index is 1.41. The first kappa shape index (κ1) is 30.6. The van der Waals surface area contributed by atoms with E-state index in [2.05, 4.69) is 65.3 Å². The zero-order valence-corrected chi connectivity index (χ0v) is 25.7. The first-order valence-electron chi connectivity index (χ1n) is 14.7. The van der Waals surface area contributed by atoms with Crippen molar-refractivity contribution in [1.82, 2.24) is 14.7 Å². The molecule has 0 unspecified atom stereocenters. The highest BCUT2D eigenvalue weighted by atomic mass is 16.5. The fourth-order valence-corrected chi connectivity index (χ4v) is 6.25. The fourth-order valence-electron chi connectivity index (χ4n) is 6.25. The molecule has 0 aliphatic carbocycles. The molecule has 0 saturated carbocycles. The van der Waals surface area contributed by atoms with Crippen molar-refractivity contribution in [3.05, 3.63) is 95.6 Å². The normalized spacial score (nSPS) is 23.7. The second-order valence-corrected chi connectivity index (χ2v) is 11.5. The number of rotatable bonds is 7. The number of methoxy groups -OCH3 is 3. The van der Waals surface area contributed by atoms with Crippen molar-refractivity contribution in [2.75, 3.05) is 66.9 Å². The van der Waals surface area contributed by atoms with Gasteiger partial charge in [-0.3, -0.25) is 4.90 Å². The molecule has 8 heteroatoms. The first-order valence-corrected chi connectivity index (χ1v) is 14.7. The van der Waals surface area contributed by atoms with Crippen molar-refractivity contribution in [2.45, 2.75) is 30.2 Å². The number of urea groups is 1. The average molecular weight is 583 g/mol. The predicted octanol–water partition coefficient (Wildman–Crippen LogP) is 4.37. The maximum Gasteiger partial charge on any atom is 0.321 e. The van der Waals surface area contributed by atoms with Crippen molar-refractivity contribution in [3.8, 4) is 17.6 Å². The van der Waals surface area contributed by atoms with Crippen LogP contribution in [0, 0.1) is 11.8 Å². The van der Waals surface area contributed by atoms with Gasteiger partial charge in [0.05, 0.1) is 19.8 Å². The van der Waals surface area contributed by atoms with E-state index in [0.717, 1.165) is 30.0 Å². The average Bonchev–Trinajstić information content (AvgIpc) is 3.02. The van der Waals surface area contributed by atoms with Gasteiger partial charge in [0.1, 0.15) is 11.9 Å². The van der Waals surface area contributed by atoms with Crippen LogP contribution in [0.5, 0.6) is 5.75 Å². The standard InChI is InChI=1S/C35H42N4O4/c1-37(2)21-30-34(27-15-13-26(14-16-27)12-11-25-9-7-6-8-10-25)31-22-38(23-32(42-4)33(43-5)24-39(30)31)35(40)36-28-17-19-29(41-3)20-18-28/h6-10,13-20,30-34H,21-24H2,1-5H3,(H,36,40)/t30-,31+,32-,33+,34+/m1/s1. The van der Waals surface area contributed by atoms with Crippen molar-refractivity contribution in [2.24, 2.45) is 0 Å². The Morgan fingerprint density at radius 2 is 1.47 bits per heavy atom. The highest BCUT2D eigenvalue weighted by Crippen LogP contribution is 2.43. The largest absolute Gasteiger partial charge is 0.497 e. The lowest BCUT2D eigenvalue weighted by Crippen LogP contribution is -2.72. The van der Waals surface area contributed by atoms with Gasteiger partial charge in [-0.2, -0.15) is 0 Å². The summed E-state index contributed by atoms with van der Waals surface area (Å²) >= 11 is 0. The third-order valence-electron chi connectivity index (χ3n) is 8.50. The van der Waals surface area contributed by atoms with Crippen LogP contribution >= 0.6 is 0 Å². The number of amides is 2. The SMILES string of the molecule is COc1ccc(NC(=O)N2C[C@@H](OC)[C@@H](OC)CN3[C@H](CN(C)C)[C@H](c4ccc(C#Cc5ccccc5)cc4)[C@@H]3C2)cc1. The van der Waals surface area contributed by atoms with Crippen molar-refractivity contribution >= 4 is 11.7 Å². The van der Waals surface area contributed by atoms with Gasteiger partial charge in [-0.05, 0) is 68.2 Å². The Bertz CT molecular complexity index is 1400. The summed E-state index contributed by atoms with van der Waals surface area (Å²) in [5.41, 5.74) is 3.95. The molecule has 2 amide bonds. The highest BCUT2D eigenvalue weighted by Gasteiger charge is 2.52. The van der Waals surface area contributed by atoms with E-state index in [1.54, 1.807) is 21.3 Å². The Labute approximate surface area is 255 Å². The number of likely N-dealkylation sites (N-methyl/N-ethyl adjacent to an activating group) is 1. The molecule has 0 bridgehead atoms. The molecule has 2 aliphatic heterocycles. The van der Waals surface area contributed by atoms with E-state index in [4.69, 9.17) is 14.2 Å². The number of benzene rings is 3. The third-order valence-corrected chi connectivity index (χ3v) is 8.50. The molecule has 2 saturated heterocycles. The molecule has 0 aromatic heterocycles. The van der Waals surface area contributed by atoms with E-state index in [9.17, 15) is 4.79 Å². The smallest absolute Gasteiger partial charge is 0.321 e. The lowest BCUT2D eigenvalue weighted by Gasteiger charge is -2.59. The van der Waals surface area contributed by atoms with Crippen molar-refractivity contribution in [1.29, 1.82) is 0 Å². The highest BCUT2D eigenvalue weighted by molar-refractivity contribution is 5.89. The summed E-state index contributed by atoms with van der Waals surface area (Å²) in [5.74, 6) is 7.52. The Morgan fingerprint density at radius 3 is 2.07 bits per heavy atom. The number of hydrogen-bond donors (Lipinski definition) is 1. The first-order chi connectivity index (χ1) is 20.9. The second kappa shape index (κ2) is 14.1. The topological polar surface area (TPSA) is 66.5 Å². The van der Waals surface area contributed by atoms with E-state index in [1.165, 1.54) is 5.56 Å². The maximum absolute atomic E-state index is 13.7. The summed E-state index contributed by atoms with van der Waals surface area (Å²) in [4.78, 5) is 20.3. The summed E-state index contributed by atoms with van der Waals surface area (Å²) in [7, 11) is 9.26. The molecule has 5 atom stereocenters. The lowest BCUT2D eigenvalue weighted by molar-refractivity contribution is -0.123. The van der Waals surface area contributed by atoms with Crippen LogP contribution in [-0.2, 0) is 9.47 Å². The van der Waals surface area contributed by atoms with Crippen LogP contribution in [0.2, 0.25) is 0 Å². The van der Waals surface area contributed by atoms with Crippen LogP contribution in [0.15, 0.2) is 78.9 Å². The number of anilines is 1. The van der Waals surface area contributed by atoms with Gasteiger partial charge in [-0.1, -0.05) is 42.2 Å². The minimum absolute atomic E-state index is 0.128. The van der Waals surface area contributed by atoms with Gasteiger partial charge in [0.15, 0.2) is 0 Å². The molecule has 43 heavy (non-hydrogen) atoms. The molecular formula is C35H42N4O4. The van der Waals surface area contributed by atoms with E-state index >= 15 is 0 Å². The Hall–Kier alpha value is -3.87. The van der Waals surface area contributed by atoms with Crippen molar-refractivity contribution in [3.63, 3.8) is 0 Å². The number of carbonyl (C=O) groups excluding carboxylic acids is 1. The molecule has 3 aromatic carbocycles. The van der Waals surface area contributed by atoms with Gasteiger partial charge in [-0.25, -0.2) is 4.79 Å². The van der Waals surface area contributed by atoms with E-state index < -0.39 is 0 Å². The van der Waals surface area contributed by atoms with Crippen LogP contribution in [0.4, 0.5) is 10.5 Å². The van der Waals surface area contributed by atoms with E-state index in [1.807, 2.05) is 59.5 Å². The number of hydrogen-bond acceptors (Lipinski definition) is 6. The summed E-state index contributed by atoms with van der Waals surface area (Å²) < 4.78 is 17.1. The third kappa shape index (κ3) is 7.20. The molecule has 3 aromatic rings. The van der Waals surface area contributed by atoms with E-state index in [0.29, 0.717) is 18.8 Å². The molecule has 0 spiro atoms. The van der Waals surface area contributed by atoms with Crippen molar-refractivity contribution < 1.29 is 19.0 Å². The summed E-state index contributed by atoms with van der Waals surface area (Å²) in [6.45, 7) is 2.63. The summed E-state index contributed by atoms with van der Waals surface area (Å²) in [5, 5.41) is 3.07. The van der Waals surface area contributed by atoms with Crippen LogP contribution < -0.4 is 10.1 Å². The fraction of sp³-hybridized carbons (Fsp3) is 0.400. The zero-order valence-electron chi connectivity index (χ0n) is 25.7. The quantitative estimate of drug-likeness (QED) is 0.418. The number of nitrogens with zero attached hydrogens (tertiary/aromatic N) is 3. The van der Waals surface area contributed by atoms with Gasteiger partial charge < -0.3 is 29.3 Å². The summed E-state index contributed by atoms with van der Waals surface area (Å²) in [6, 6.07) is 26.2. The molecule has 2 fully saturated rings. The number of ether oxygens (including phenoxy) is 3. The van der Waals surface area contributed by atoms with Gasteiger partial charge in [0.2, 0.25) is 0 Å². The second-order valence-electron chi connectivity index (χ2n) is 11.5. The Morgan fingerprint density at radius 1 is 0.837 bits per heavy atom. The molecule has 2 aliphatic rings. The predicted molar refractivity (Wildman–Crippen MR) is 170 cm³/mol. The van der Waals surface area contributed by atoms with E-state index in [-0.39, 0.29) is 36.2 Å². The van der Waals surface area contributed by atoms with Gasteiger partial charge in [0.25, 0.3) is 0 Å². The minimum atomic E-state index is -0.255. The molecule has 5 rings (SSSR count). The van der Waals surface area contributed by atoms with Gasteiger partial charge in [-0.15, -0.1) is 0 Å². The van der Waals surface area contributed by atoms with Gasteiger partial charge >= 0.3 is 6.03 Å². The number of carbonyl (C=O) groups is 1. The number of nitrogens with one attached hydrogen (secondary N) is 1. The van der Waals surface area contributed by atoms with Crippen LogP contribution in [0.3, 0.4) is 0 Å². The maximum atomic E-state index is 13.7. The molecule has 2 heterocycles. The molecule has 1 N–H and O–H groups in total. The van der Waals surface area contributed by atoms with Crippen LogP contribution in [0.1, 0.15) is 22.6 Å². The minimum Gasteiger partial charge on any atom is -0.497 e. The summed E-state index contributed by atoms with van der Waals surface area (Å²) in [6.07, 6.45) is -0.431. The zero-order chi connectivity index (χ0) is 30.3. The van der Waals surface area contributed by atoms with Crippen LogP contribution in [0.25, 0.3) is 0 Å².